The highest BCUT2D eigenvalue weighted by atomic mass is 32.2. The van der Waals surface area contributed by atoms with E-state index in [2.05, 4.69) is 20.0 Å². The maximum Gasteiger partial charge on any atom is 0.224 e. The van der Waals surface area contributed by atoms with Crippen molar-refractivity contribution in [3.05, 3.63) is 11.9 Å². The number of ether oxygens (including phenoxy) is 2. The van der Waals surface area contributed by atoms with Crippen molar-refractivity contribution in [3.8, 4) is 11.8 Å². The molecule has 1 rings (SSSR count). The largest absolute Gasteiger partial charge is 0.481 e. The van der Waals surface area contributed by atoms with E-state index in [0.717, 1.165) is 6.26 Å². The molecule has 0 aromatic carbocycles. The van der Waals surface area contributed by atoms with Crippen molar-refractivity contribution in [2.75, 3.05) is 27.0 Å². The fourth-order valence-electron chi connectivity index (χ4n) is 1.92. The van der Waals surface area contributed by atoms with Crippen LogP contribution in [0.3, 0.4) is 0 Å². The molecule has 21 heavy (non-hydrogen) atoms. The van der Waals surface area contributed by atoms with Crippen molar-refractivity contribution >= 4 is 10.0 Å². The van der Waals surface area contributed by atoms with Crippen molar-refractivity contribution in [1.82, 2.24) is 20.0 Å². The van der Waals surface area contributed by atoms with Crippen molar-refractivity contribution in [3.63, 3.8) is 0 Å². The molecular weight excluding hydrogens is 296 g/mol. The SMILES string of the molecule is COc1ncnc(OC)c1CNCC(C)(C)NS(C)(=O)=O. The second-order valence-corrected chi connectivity index (χ2v) is 6.98. The van der Waals surface area contributed by atoms with Crippen LogP contribution >= 0.6 is 0 Å². The zero-order valence-corrected chi connectivity index (χ0v) is 13.7. The maximum absolute atomic E-state index is 11.3. The quantitative estimate of drug-likeness (QED) is 0.690. The molecule has 1 aromatic rings. The third kappa shape index (κ3) is 5.82. The first-order valence-electron chi connectivity index (χ1n) is 6.30. The lowest BCUT2D eigenvalue weighted by Crippen LogP contribution is -2.49. The molecule has 8 nitrogen and oxygen atoms in total. The topological polar surface area (TPSA) is 102 Å². The molecule has 1 heterocycles. The molecule has 0 saturated heterocycles. The predicted molar refractivity (Wildman–Crippen MR) is 78.9 cm³/mol. The van der Waals surface area contributed by atoms with Crippen LogP contribution in [0.4, 0.5) is 0 Å². The van der Waals surface area contributed by atoms with Gasteiger partial charge in [-0.15, -0.1) is 0 Å². The summed E-state index contributed by atoms with van der Waals surface area (Å²) in [5.74, 6) is 0.839. The Balaban J connectivity index is 2.72. The number of rotatable bonds is 8. The summed E-state index contributed by atoms with van der Waals surface area (Å²) in [6.07, 6.45) is 2.49. The number of hydrogen-bond acceptors (Lipinski definition) is 7. The summed E-state index contributed by atoms with van der Waals surface area (Å²) in [6, 6.07) is 0. The van der Waals surface area contributed by atoms with Crippen LogP contribution in [0.5, 0.6) is 11.8 Å². The van der Waals surface area contributed by atoms with Gasteiger partial charge in [-0.1, -0.05) is 0 Å². The van der Waals surface area contributed by atoms with Crippen LogP contribution in [0.25, 0.3) is 0 Å². The molecule has 0 radical (unpaired) electrons. The van der Waals surface area contributed by atoms with E-state index < -0.39 is 15.6 Å². The van der Waals surface area contributed by atoms with E-state index in [9.17, 15) is 8.42 Å². The molecule has 0 saturated carbocycles. The van der Waals surface area contributed by atoms with Crippen molar-refractivity contribution in [1.29, 1.82) is 0 Å². The zero-order chi connectivity index (χ0) is 16.1. The summed E-state index contributed by atoms with van der Waals surface area (Å²) < 4.78 is 35.5. The summed E-state index contributed by atoms with van der Waals surface area (Å²) in [7, 11) is -0.238. The van der Waals surface area contributed by atoms with Gasteiger partial charge in [0, 0.05) is 18.6 Å². The molecule has 9 heteroatoms. The minimum Gasteiger partial charge on any atom is -0.481 e. The fraction of sp³-hybridized carbons (Fsp3) is 0.667. The molecule has 0 fully saturated rings. The summed E-state index contributed by atoms with van der Waals surface area (Å²) in [4.78, 5) is 8.03. The van der Waals surface area contributed by atoms with E-state index in [1.54, 1.807) is 13.8 Å². The van der Waals surface area contributed by atoms with Gasteiger partial charge in [0.1, 0.15) is 6.33 Å². The van der Waals surface area contributed by atoms with Crippen molar-refractivity contribution < 1.29 is 17.9 Å². The highest BCUT2D eigenvalue weighted by molar-refractivity contribution is 7.88. The Hall–Kier alpha value is -1.45. The Kier molecular flexibility index (Phi) is 5.87. The normalized spacial score (nSPS) is 12.2. The molecule has 0 aliphatic carbocycles. The summed E-state index contributed by atoms with van der Waals surface area (Å²) in [6.45, 7) is 4.39. The van der Waals surface area contributed by atoms with Crippen LogP contribution in [-0.4, -0.2) is 50.9 Å². The average Bonchev–Trinajstić information content (AvgIpc) is 2.35. The Labute approximate surface area is 125 Å². The Bertz CT molecular complexity index is 552. The van der Waals surface area contributed by atoms with Crippen LogP contribution in [0.1, 0.15) is 19.4 Å². The maximum atomic E-state index is 11.3. The van der Waals surface area contributed by atoms with Crippen molar-refractivity contribution in [2.45, 2.75) is 25.9 Å². The lowest BCUT2D eigenvalue weighted by molar-refractivity contribution is 0.354. The molecule has 0 atom stereocenters. The van der Waals surface area contributed by atoms with Gasteiger partial charge >= 0.3 is 0 Å². The van der Waals surface area contributed by atoms with Gasteiger partial charge < -0.3 is 14.8 Å². The molecule has 0 amide bonds. The van der Waals surface area contributed by atoms with E-state index in [1.165, 1.54) is 20.5 Å². The first kappa shape index (κ1) is 17.6. The smallest absolute Gasteiger partial charge is 0.224 e. The Morgan fingerprint density at radius 1 is 1.19 bits per heavy atom. The first-order chi connectivity index (χ1) is 9.68. The molecule has 0 aliphatic rings. The number of aromatic nitrogens is 2. The third-order valence-electron chi connectivity index (χ3n) is 2.58. The van der Waals surface area contributed by atoms with Gasteiger partial charge in [-0.3, -0.25) is 0 Å². The minimum absolute atomic E-state index is 0.391. The molecular formula is C12H22N4O4S. The minimum atomic E-state index is -3.27. The van der Waals surface area contributed by atoms with Gasteiger partial charge in [0.2, 0.25) is 21.8 Å². The highest BCUT2D eigenvalue weighted by Gasteiger charge is 2.22. The van der Waals surface area contributed by atoms with E-state index in [-0.39, 0.29) is 0 Å². The molecule has 0 bridgehead atoms. The van der Waals surface area contributed by atoms with Gasteiger partial charge in [-0.05, 0) is 13.8 Å². The van der Waals surface area contributed by atoms with Crippen LogP contribution in [0.2, 0.25) is 0 Å². The fourth-order valence-corrected chi connectivity index (χ4v) is 3.00. The molecule has 120 valence electrons. The molecule has 0 spiro atoms. The number of methoxy groups -OCH3 is 2. The number of nitrogens with zero attached hydrogens (tertiary/aromatic N) is 2. The van der Waals surface area contributed by atoms with Crippen LogP contribution < -0.4 is 19.5 Å². The average molecular weight is 318 g/mol. The summed E-state index contributed by atoms with van der Waals surface area (Å²) in [5, 5.41) is 3.15. The van der Waals surface area contributed by atoms with Gasteiger partial charge in [-0.2, -0.15) is 0 Å². The van der Waals surface area contributed by atoms with Crippen LogP contribution in [0.15, 0.2) is 6.33 Å². The van der Waals surface area contributed by atoms with E-state index >= 15 is 0 Å². The Morgan fingerprint density at radius 3 is 2.14 bits per heavy atom. The second kappa shape index (κ2) is 7.01. The summed E-state index contributed by atoms with van der Waals surface area (Å²) in [5.41, 5.74) is 0.0570. The third-order valence-corrected chi connectivity index (χ3v) is 3.51. The lowest BCUT2D eigenvalue weighted by atomic mass is 10.1. The van der Waals surface area contributed by atoms with Gasteiger partial charge in [0.25, 0.3) is 0 Å². The van der Waals surface area contributed by atoms with E-state index in [0.29, 0.717) is 30.4 Å². The molecule has 0 unspecified atom stereocenters. The molecule has 1 aromatic heterocycles. The van der Waals surface area contributed by atoms with E-state index in [1.807, 2.05) is 0 Å². The number of hydrogen-bond donors (Lipinski definition) is 2. The monoisotopic (exact) mass is 318 g/mol. The number of nitrogens with one attached hydrogen (secondary N) is 2. The standard InChI is InChI=1S/C12H22N4O4S/c1-12(2,16-21(5,17)18)7-13-6-9-10(19-3)14-8-15-11(9)20-4/h8,13,16H,6-7H2,1-5H3. The van der Waals surface area contributed by atoms with Crippen LogP contribution in [0, 0.1) is 0 Å². The van der Waals surface area contributed by atoms with Gasteiger partial charge in [-0.25, -0.2) is 23.1 Å². The number of sulfonamides is 1. The predicted octanol–water partition coefficient (Wildman–Crippen LogP) is -0.0888. The van der Waals surface area contributed by atoms with Crippen molar-refractivity contribution in [2.24, 2.45) is 0 Å². The molecule has 0 aliphatic heterocycles. The lowest BCUT2D eigenvalue weighted by Gasteiger charge is -2.25. The second-order valence-electron chi connectivity index (χ2n) is 5.23. The molecule has 2 N–H and O–H groups in total. The van der Waals surface area contributed by atoms with Gasteiger partial charge in [0.05, 0.1) is 26.0 Å². The first-order valence-corrected chi connectivity index (χ1v) is 8.19. The summed E-state index contributed by atoms with van der Waals surface area (Å²) >= 11 is 0. The zero-order valence-electron chi connectivity index (χ0n) is 12.9. The Morgan fingerprint density at radius 2 is 1.71 bits per heavy atom. The highest BCUT2D eigenvalue weighted by Crippen LogP contribution is 2.22. The van der Waals surface area contributed by atoms with Crippen LogP contribution in [-0.2, 0) is 16.6 Å². The van der Waals surface area contributed by atoms with E-state index in [4.69, 9.17) is 9.47 Å². The van der Waals surface area contributed by atoms with Gasteiger partial charge in [0.15, 0.2) is 0 Å².